The lowest BCUT2D eigenvalue weighted by molar-refractivity contribution is 0.101. The number of nitrogens with zero attached hydrogens (tertiary/aromatic N) is 2. The first-order valence-electron chi connectivity index (χ1n) is 10.9. The molecule has 0 fully saturated rings. The average molecular weight is 469 g/mol. The van der Waals surface area contributed by atoms with E-state index >= 15 is 0 Å². The molecule has 2 aromatic carbocycles. The highest BCUT2D eigenvalue weighted by Gasteiger charge is 2.15. The summed E-state index contributed by atoms with van der Waals surface area (Å²) in [6.07, 6.45) is 4.70. The quantitative estimate of drug-likeness (QED) is 0.425. The average Bonchev–Trinajstić information content (AvgIpc) is 2.86. The lowest BCUT2D eigenvalue weighted by Gasteiger charge is -2.13. The fraction of sp³-hybridized carbons (Fsp3) is 0.111. The Morgan fingerprint density at radius 3 is 2.57 bits per heavy atom. The molecule has 2 aromatic heterocycles. The van der Waals surface area contributed by atoms with Gasteiger partial charge in [0.05, 0.1) is 24.9 Å². The smallest absolute Gasteiger partial charge is 0.263 e. The number of hydrogen-bond donors (Lipinski definition) is 2. The Morgan fingerprint density at radius 1 is 0.971 bits per heavy atom. The normalized spacial score (nSPS) is 10.5. The summed E-state index contributed by atoms with van der Waals surface area (Å²) in [5.41, 5.74) is 2.95. The van der Waals surface area contributed by atoms with Crippen molar-refractivity contribution in [2.24, 2.45) is 0 Å². The van der Waals surface area contributed by atoms with Gasteiger partial charge in [0.1, 0.15) is 11.3 Å². The van der Waals surface area contributed by atoms with Crippen molar-refractivity contribution in [2.45, 2.75) is 13.5 Å². The number of pyridine rings is 2. The molecular weight excluding hydrogens is 444 g/mol. The summed E-state index contributed by atoms with van der Waals surface area (Å²) in [5.74, 6) is -0.528. The molecule has 0 atom stereocenters. The SMILES string of the molecule is COc1cc(NC(=O)c2cccn(Cc3cccc(C)c3)c2=O)ccc1NC(=O)c1cccnc1. The van der Waals surface area contributed by atoms with Crippen LogP contribution in [-0.4, -0.2) is 28.5 Å². The van der Waals surface area contributed by atoms with E-state index in [1.807, 2.05) is 31.2 Å². The summed E-state index contributed by atoms with van der Waals surface area (Å²) in [6.45, 7) is 2.35. The van der Waals surface area contributed by atoms with E-state index in [0.29, 0.717) is 29.2 Å². The first kappa shape index (κ1) is 23.4. The predicted molar refractivity (Wildman–Crippen MR) is 134 cm³/mol. The van der Waals surface area contributed by atoms with Gasteiger partial charge in [0, 0.05) is 30.3 Å². The second-order valence-corrected chi connectivity index (χ2v) is 7.91. The summed E-state index contributed by atoms with van der Waals surface area (Å²) < 4.78 is 6.88. The van der Waals surface area contributed by atoms with Gasteiger partial charge in [-0.3, -0.25) is 19.4 Å². The van der Waals surface area contributed by atoms with Gasteiger partial charge in [-0.1, -0.05) is 29.8 Å². The Bertz CT molecular complexity index is 1430. The Hall–Kier alpha value is -4.72. The topological polar surface area (TPSA) is 102 Å². The molecule has 0 saturated carbocycles. The molecule has 0 bridgehead atoms. The van der Waals surface area contributed by atoms with Crippen LogP contribution in [0.5, 0.6) is 5.75 Å². The van der Waals surface area contributed by atoms with Gasteiger partial charge in [-0.2, -0.15) is 0 Å². The number of hydrogen-bond acceptors (Lipinski definition) is 5. The molecule has 4 aromatic rings. The zero-order valence-electron chi connectivity index (χ0n) is 19.3. The van der Waals surface area contributed by atoms with Crippen LogP contribution in [0, 0.1) is 6.92 Å². The van der Waals surface area contributed by atoms with Gasteiger partial charge in [0.25, 0.3) is 17.4 Å². The number of nitrogens with one attached hydrogen (secondary N) is 2. The molecule has 8 nitrogen and oxygen atoms in total. The summed E-state index contributed by atoms with van der Waals surface area (Å²) in [4.78, 5) is 42.2. The highest BCUT2D eigenvalue weighted by molar-refractivity contribution is 6.06. The number of anilines is 2. The molecule has 0 unspecified atom stereocenters. The van der Waals surface area contributed by atoms with Crippen molar-refractivity contribution in [1.82, 2.24) is 9.55 Å². The molecule has 4 rings (SSSR count). The summed E-state index contributed by atoms with van der Waals surface area (Å²) in [5, 5.41) is 5.49. The highest BCUT2D eigenvalue weighted by Crippen LogP contribution is 2.28. The minimum atomic E-state index is -0.539. The summed E-state index contributed by atoms with van der Waals surface area (Å²) >= 11 is 0. The van der Waals surface area contributed by atoms with Crippen LogP contribution in [0.1, 0.15) is 31.8 Å². The molecule has 0 aliphatic rings. The zero-order valence-corrected chi connectivity index (χ0v) is 19.3. The van der Waals surface area contributed by atoms with Crippen LogP contribution in [-0.2, 0) is 6.54 Å². The molecule has 176 valence electrons. The largest absolute Gasteiger partial charge is 0.494 e. The minimum absolute atomic E-state index is 0.0214. The maximum atomic E-state index is 12.9. The Balaban J connectivity index is 1.51. The van der Waals surface area contributed by atoms with Gasteiger partial charge < -0.3 is 19.9 Å². The van der Waals surface area contributed by atoms with E-state index in [1.165, 1.54) is 23.9 Å². The first-order valence-corrected chi connectivity index (χ1v) is 10.9. The fourth-order valence-electron chi connectivity index (χ4n) is 3.60. The maximum Gasteiger partial charge on any atom is 0.263 e. The molecular formula is C27H24N4O4. The number of methoxy groups -OCH3 is 1. The van der Waals surface area contributed by atoms with Crippen molar-refractivity contribution in [1.29, 1.82) is 0 Å². The second kappa shape index (κ2) is 10.5. The van der Waals surface area contributed by atoms with Gasteiger partial charge in [-0.15, -0.1) is 0 Å². The van der Waals surface area contributed by atoms with Crippen molar-refractivity contribution >= 4 is 23.2 Å². The standard InChI is InChI=1S/C27H24N4O4/c1-18-6-3-7-19(14-18)17-31-13-5-9-22(27(31)34)26(33)29-21-10-11-23(24(15-21)35-2)30-25(32)20-8-4-12-28-16-20/h3-16H,17H2,1-2H3,(H,29,33)(H,30,32). The number of benzene rings is 2. The molecule has 0 aliphatic carbocycles. The number of ether oxygens (including phenoxy) is 1. The summed E-state index contributed by atoms with van der Waals surface area (Å²) in [6, 6.07) is 19.1. The molecule has 2 heterocycles. The van der Waals surface area contributed by atoms with Crippen LogP contribution in [0.3, 0.4) is 0 Å². The molecule has 2 N–H and O–H groups in total. The van der Waals surface area contributed by atoms with E-state index in [2.05, 4.69) is 15.6 Å². The zero-order chi connectivity index (χ0) is 24.8. The monoisotopic (exact) mass is 468 g/mol. The third-order valence-electron chi connectivity index (χ3n) is 5.33. The summed E-state index contributed by atoms with van der Waals surface area (Å²) in [7, 11) is 1.46. The molecule has 2 amide bonds. The Labute approximate surface area is 202 Å². The molecule has 8 heteroatoms. The van der Waals surface area contributed by atoms with Crippen LogP contribution in [0.15, 0.2) is 90.1 Å². The molecule has 0 saturated heterocycles. The van der Waals surface area contributed by atoms with Crippen molar-refractivity contribution in [3.8, 4) is 5.75 Å². The lowest BCUT2D eigenvalue weighted by Crippen LogP contribution is -2.29. The van der Waals surface area contributed by atoms with E-state index < -0.39 is 5.91 Å². The molecule has 0 spiro atoms. The van der Waals surface area contributed by atoms with E-state index in [-0.39, 0.29) is 17.0 Å². The van der Waals surface area contributed by atoms with Crippen molar-refractivity contribution < 1.29 is 14.3 Å². The van der Waals surface area contributed by atoms with Gasteiger partial charge >= 0.3 is 0 Å². The van der Waals surface area contributed by atoms with Gasteiger partial charge in [0.15, 0.2) is 0 Å². The van der Waals surface area contributed by atoms with Crippen LogP contribution >= 0.6 is 0 Å². The maximum absolute atomic E-state index is 12.9. The second-order valence-electron chi connectivity index (χ2n) is 7.91. The Morgan fingerprint density at radius 2 is 1.83 bits per heavy atom. The number of carbonyl (C=O) groups excluding carboxylic acids is 2. The van der Waals surface area contributed by atoms with E-state index in [0.717, 1.165) is 11.1 Å². The van der Waals surface area contributed by atoms with Crippen LogP contribution in [0.25, 0.3) is 0 Å². The van der Waals surface area contributed by atoms with Gasteiger partial charge in [-0.25, -0.2) is 0 Å². The number of aromatic nitrogens is 2. The Kier molecular flexibility index (Phi) is 7.02. The van der Waals surface area contributed by atoms with Crippen molar-refractivity contribution in [3.63, 3.8) is 0 Å². The van der Waals surface area contributed by atoms with E-state index in [1.54, 1.807) is 48.8 Å². The van der Waals surface area contributed by atoms with Crippen molar-refractivity contribution in [2.75, 3.05) is 17.7 Å². The number of rotatable bonds is 7. The van der Waals surface area contributed by atoms with Gasteiger partial charge in [-0.05, 0) is 48.9 Å². The molecule has 0 radical (unpaired) electrons. The lowest BCUT2D eigenvalue weighted by atomic mass is 10.1. The van der Waals surface area contributed by atoms with Crippen LogP contribution in [0.4, 0.5) is 11.4 Å². The van der Waals surface area contributed by atoms with E-state index in [9.17, 15) is 14.4 Å². The number of carbonyl (C=O) groups is 2. The number of amides is 2. The molecule has 0 aliphatic heterocycles. The van der Waals surface area contributed by atoms with Gasteiger partial charge in [0.2, 0.25) is 0 Å². The van der Waals surface area contributed by atoms with Crippen LogP contribution < -0.4 is 20.9 Å². The third-order valence-corrected chi connectivity index (χ3v) is 5.33. The third kappa shape index (κ3) is 5.62. The molecule has 35 heavy (non-hydrogen) atoms. The van der Waals surface area contributed by atoms with Crippen LogP contribution in [0.2, 0.25) is 0 Å². The first-order chi connectivity index (χ1) is 16.9. The minimum Gasteiger partial charge on any atom is -0.494 e. The highest BCUT2D eigenvalue weighted by atomic mass is 16.5. The van der Waals surface area contributed by atoms with E-state index in [4.69, 9.17) is 4.74 Å². The van der Waals surface area contributed by atoms with Crippen molar-refractivity contribution in [3.05, 3.63) is 118 Å². The fourth-order valence-corrected chi connectivity index (χ4v) is 3.60. The predicted octanol–water partition coefficient (Wildman–Crippen LogP) is 4.11. The number of aryl methyl sites for hydroxylation is 1.